The second-order valence-electron chi connectivity index (χ2n) is 6.86. The zero-order valence-electron chi connectivity index (χ0n) is 17.2. The van der Waals surface area contributed by atoms with Crippen LogP contribution in [0.15, 0.2) is 48.5 Å². The summed E-state index contributed by atoms with van der Waals surface area (Å²) in [6.45, 7) is 2.59. The van der Waals surface area contributed by atoms with Crippen LogP contribution in [-0.2, 0) is 11.3 Å². The van der Waals surface area contributed by atoms with Gasteiger partial charge in [0.25, 0.3) is 0 Å². The molecule has 1 N–H and O–H groups in total. The molecular formula is C23H20ClN3O3S. The Kier molecular flexibility index (Phi) is 6.06. The predicted octanol–water partition coefficient (Wildman–Crippen LogP) is 5.73. The van der Waals surface area contributed by atoms with Crippen LogP contribution in [0.2, 0.25) is 5.02 Å². The molecule has 4 rings (SSSR count). The third-order valence-corrected chi connectivity index (χ3v) is 6.00. The van der Waals surface area contributed by atoms with E-state index in [2.05, 4.69) is 11.4 Å². The van der Waals surface area contributed by atoms with Crippen molar-refractivity contribution in [2.24, 2.45) is 0 Å². The molecule has 2 aromatic heterocycles. The Bertz CT molecular complexity index is 1260. The van der Waals surface area contributed by atoms with E-state index in [9.17, 15) is 4.79 Å². The Morgan fingerprint density at radius 1 is 1.10 bits per heavy atom. The highest BCUT2D eigenvalue weighted by Crippen LogP contribution is 2.32. The standard InChI is InChI=1S/C23H20ClN3O3S/c1-13-10-17-21(25-12-14-4-9-19(29-2)18(24)11-14)26-20(27-22(17)31-13)15-5-7-16(8-6-15)23(28)30-3/h4-11H,12H2,1-3H3,(H,25,26,27). The maximum atomic E-state index is 11.7. The van der Waals surface area contributed by atoms with Crippen LogP contribution in [0.5, 0.6) is 5.75 Å². The van der Waals surface area contributed by atoms with Gasteiger partial charge in [-0.05, 0) is 42.8 Å². The van der Waals surface area contributed by atoms with E-state index in [-0.39, 0.29) is 5.97 Å². The van der Waals surface area contributed by atoms with Gasteiger partial charge in [0.05, 0.1) is 30.2 Å². The number of esters is 1. The first-order valence-electron chi connectivity index (χ1n) is 9.51. The van der Waals surface area contributed by atoms with Gasteiger partial charge in [0.2, 0.25) is 0 Å². The molecule has 0 saturated carbocycles. The molecule has 2 heterocycles. The molecule has 158 valence electrons. The van der Waals surface area contributed by atoms with Crippen molar-refractivity contribution in [2.75, 3.05) is 19.5 Å². The van der Waals surface area contributed by atoms with Gasteiger partial charge in [-0.2, -0.15) is 0 Å². The van der Waals surface area contributed by atoms with Gasteiger partial charge in [-0.15, -0.1) is 11.3 Å². The molecule has 0 bridgehead atoms. The number of nitrogens with one attached hydrogen (secondary N) is 1. The molecule has 6 nitrogen and oxygen atoms in total. The number of carbonyl (C=O) groups is 1. The number of hydrogen-bond acceptors (Lipinski definition) is 7. The Morgan fingerprint density at radius 2 is 1.87 bits per heavy atom. The highest BCUT2D eigenvalue weighted by molar-refractivity contribution is 7.18. The van der Waals surface area contributed by atoms with Gasteiger partial charge in [0.15, 0.2) is 5.82 Å². The number of fused-ring (bicyclic) bond motifs is 1. The number of carbonyl (C=O) groups excluding carboxylic acids is 1. The van der Waals surface area contributed by atoms with Gasteiger partial charge in [-0.3, -0.25) is 0 Å². The average Bonchev–Trinajstić information content (AvgIpc) is 3.17. The highest BCUT2D eigenvalue weighted by atomic mass is 35.5. The van der Waals surface area contributed by atoms with Crippen LogP contribution in [0.1, 0.15) is 20.8 Å². The zero-order valence-corrected chi connectivity index (χ0v) is 18.8. The second-order valence-corrected chi connectivity index (χ2v) is 8.51. The summed E-state index contributed by atoms with van der Waals surface area (Å²) in [5.41, 5.74) is 2.30. The first-order chi connectivity index (χ1) is 15.0. The third-order valence-electron chi connectivity index (χ3n) is 4.76. The molecule has 0 radical (unpaired) electrons. The largest absolute Gasteiger partial charge is 0.495 e. The van der Waals surface area contributed by atoms with Gasteiger partial charge >= 0.3 is 5.97 Å². The highest BCUT2D eigenvalue weighted by Gasteiger charge is 2.13. The third kappa shape index (κ3) is 4.47. The van der Waals surface area contributed by atoms with E-state index >= 15 is 0 Å². The molecule has 0 amide bonds. The Hall–Kier alpha value is -3.16. The van der Waals surface area contributed by atoms with Crippen LogP contribution in [0.4, 0.5) is 5.82 Å². The molecule has 0 spiro atoms. The molecule has 31 heavy (non-hydrogen) atoms. The van der Waals surface area contributed by atoms with E-state index in [0.29, 0.717) is 28.7 Å². The number of aromatic nitrogens is 2. The zero-order chi connectivity index (χ0) is 22.0. The number of aryl methyl sites for hydroxylation is 1. The smallest absolute Gasteiger partial charge is 0.337 e. The van der Waals surface area contributed by atoms with Crippen molar-refractivity contribution in [1.82, 2.24) is 9.97 Å². The van der Waals surface area contributed by atoms with E-state index in [1.54, 1.807) is 30.6 Å². The van der Waals surface area contributed by atoms with Crippen molar-refractivity contribution >= 4 is 44.9 Å². The summed E-state index contributed by atoms with van der Waals surface area (Å²) in [4.78, 5) is 23.2. The van der Waals surface area contributed by atoms with Gasteiger partial charge in [-0.25, -0.2) is 14.8 Å². The first-order valence-corrected chi connectivity index (χ1v) is 10.7. The molecule has 0 unspecified atom stereocenters. The Morgan fingerprint density at radius 3 is 2.55 bits per heavy atom. The minimum absolute atomic E-state index is 0.377. The minimum Gasteiger partial charge on any atom is -0.495 e. The van der Waals surface area contributed by atoms with Crippen LogP contribution in [0.3, 0.4) is 0 Å². The molecule has 4 aromatic rings. The van der Waals surface area contributed by atoms with Crippen molar-refractivity contribution in [1.29, 1.82) is 0 Å². The number of hydrogen-bond donors (Lipinski definition) is 1. The quantitative estimate of drug-likeness (QED) is 0.376. The Balaban J connectivity index is 1.66. The SMILES string of the molecule is COC(=O)c1ccc(-c2nc(NCc3ccc(OC)c(Cl)c3)c3cc(C)sc3n2)cc1. The average molecular weight is 454 g/mol. The number of benzene rings is 2. The van der Waals surface area contributed by atoms with E-state index in [1.165, 1.54) is 7.11 Å². The number of rotatable bonds is 6. The summed E-state index contributed by atoms with van der Waals surface area (Å²) >= 11 is 7.86. The summed E-state index contributed by atoms with van der Waals surface area (Å²) in [5.74, 6) is 1.59. The van der Waals surface area contributed by atoms with Crippen molar-refractivity contribution in [3.8, 4) is 17.1 Å². The summed E-state index contributed by atoms with van der Waals surface area (Å²) < 4.78 is 9.98. The van der Waals surface area contributed by atoms with E-state index < -0.39 is 0 Å². The fourth-order valence-electron chi connectivity index (χ4n) is 3.18. The lowest BCUT2D eigenvalue weighted by Gasteiger charge is -2.11. The number of nitrogens with zero attached hydrogens (tertiary/aromatic N) is 2. The lowest BCUT2D eigenvalue weighted by Crippen LogP contribution is -2.04. The summed E-state index contributed by atoms with van der Waals surface area (Å²) in [5, 5.41) is 4.94. The maximum absolute atomic E-state index is 11.7. The fourth-order valence-corrected chi connectivity index (χ4v) is 4.34. The normalized spacial score (nSPS) is 10.8. The lowest BCUT2D eigenvalue weighted by molar-refractivity contribution is 0.0600. The van der Waals surface area contributed by atoms with Gasteiger partial charge < -0.3 is 14.8 Å². The Labute approximate surface area is 188 Å². The topological polar surface area (TPSA) is 73.3 Å². The molecule has 0 aliphatic carbocycles. The summed E-state index contributed by atoms with van der Waals surface area (Å²) in [7, 11) is 2.95. The van der Waals surface area contributed by atoms with Crippen LogP contribution in [0.25, 0.3) is 21.6 Å². The molecule has 8 heteroatoms. The first kappa shape index (κ1) is 21.1. The number of halogens is 1. The van der Waals surface area contributed by atoms with Gasteiger partial charge in [-0.1, -0.05) is 29.8 Å². The second kappa shape index (κ2) is 8.91. The van der Waals surface area contributed by atoms with Crippen LogP contribution < -0.4 is 10.1 Å². The summed E-state index contributed by atoms with van der Waals surface area (Å²) in [6, 6.07) is 14.8. The van der Waals surface area contributed by atoms with Crippen LogP contribution in [0, 0.1) is 6.92 Å². The van der Waals surface area contributed by atoms with E-state index in [0.717, 1.165) is 32.0 Å². The minimum atomic E-state index is -0.377. The number of ether oxygens (including phenoxy) is 2. The molecule has 0 atom stereocenters. The lowest BCUT2D eigenvalue weighted by atomic mass is 10.1. The fraction of sp³-hybridized carbons (Fsp3) is 0.174. The van der Waals surface area contributed by atoms with Crippen molar-refractivity contribution < 1.29 is 14.3 Å². The number of anilines is 1. The molecule has 0 aliphatic heterocycles. The number of thiophene rings is 1. The van der Waals surface area contributed by atoms with Crippen LogP contribution in [-0.4, -0.2) is 30.2 Å². The molecular weight excluding hydrogens is 434 g/mol. The monoisotopic (exact) mass is 453 g/mol. The van der Waals surface area contributed by atoms with Gasteiger partial charge in [0.1, 0.15) is 16.4 Å². The van der Waals surface area contributed by atoms with E-state index in [4.69, 9.17) is 31.0 Å². The molecule has 0 aliphatic rings. The van der Waals surface area contributed by atoms with Gasteiger partial charge in [0, 0.05) is 17.0 Å². The molecule has 0 saturated heterocycles. The van der Waals surface area contributed by atoms with Crippen LogP contribution >= 0.6 is 22.9 Å². The predicted molar refractivity (Wildman–Crippen MR) is 124 cm³/mol. The number of methoxy groups -OCH3 is 2. The summed E-state index contributed by atoms with van der Waals surface area (Å²) in [6.07, 6.45) is 0. The van der Waals surface area contributed by atoms with Crippen molar-refractivity contribution in [3.63, 3.8) is 0 Å². The molecule has 0 fully saturated rings. The van der Waals surface area contributed by atoms with E-state index in [1.807, 2.05) is 37.3 Å². The molecule has 2 aromatic carbocycles. The van der Waals surface area contributed by atoms with Crippen molar-refractivity contribution in [3.05, 3.63) is 69.6 Å². The maximum Gasteiger partial charge on any atom is 0.337 e. The van der Waals surface area contributed by atoms with Crippen molar-refractivity contribution in [2.45, 2.75) is 13.5 Å².